The molecule has 3 aliphatic rings. The molecule has 0 unspecified atom stereocenters. The molecule has 6 heteroatoms. The molecule has 3 fully saturated rings. The summed E-state index contributed by atoms with van der Waals surface area (Å²) in [4.78, 5) is 39.5. The largest absolute Gasteiger partial charge is 0.462 e. The van der Waals surface area contributed by atoms with Gasteiger partial charge in [-0.2, -0.15) is 0 Å². The highest BCUT2D eigenvalue weighted by Crippen LogP contribution is 2.57. The van der Waals surface area contributed by atoms with Gasteiger partial charge in [0.1, 0.15) is 6.10 Å². The predicted molar refractivity (Wildman–Crippen MR) is 107 cm³/mol. The number of carbonyl (C=O) groups is 3. The molecule has 1 N–H and O–H groups in total. The number of para-hydroxylation sites is 1. The van der Waals surface area contributed by atoms with Crippen molar-refractivity contribution in [3.63, 3.8) is 0 Å². The summed E-state index contributed by atoms with van der Waals surface area (Å²) in [6.45, 7) is 0. The lowest BCUT2D eigenvalue weighted by Gasteiger charge is -2.23. The standard InChI is InChI=1S/C23H22N2O4/c1-25(16-8-3-2-4-9-16)22(27)13-6-5-7-15(10-13)24-21(26)19-14-11-17-18(12-14)29-23(28)20(17)19/h2-10,14,17-20H,11-12H2,1H3,(H,24,26)/t14-,17+,18-,19+,20-/m1/s1. The van der Waals surface area contributed by atoms with Crippen LogP contribution in [-0.4, -0.2) is 30.9 Å². The van der Waals surface area contributed by atoms with Gasteiger partial charge in [-0.1, -0.05) is 24.3 Å². The first-order valence-corrected chi connectivity index (χ1v) is 9.97. The van der Waals surface area contributed by atoms with Gasteiger partial charge in [0.15, 0.2) is 0 Å². The Morgan fingerprint density at radius 3 is 2.66 bits per heavy atom. The minimum absolute atomic E-state index is 0.0102. The molecule has 29 heavy (non-hydrogen) atoms. The Kier molecular flexibility index (Phi) is 4.15. The third kappa shape index (κ3) is 2.90. The Labute approximate surface area is 168 Å². The molecule has 0 radical (unpaired) electrons. The van der Waals surface area contributed by atoms with Gasteiger partial charge in [0, 0.05) is 29.9 Å². The van der Waals surface area contributed by atoms with Crippen molar-refractivity contribution < 1.29 is 19.1 Å². The van der Waals surface area contributed by atoms with E-state index >= 15 is 0 Å². The van der Waals surface area contributed by atoms with Gasteiger partial charge >= 0.3 is 5.97 Å². The highest BCUT2D eigenvalue weighted by atomic mass is 16.6. The minimum Gasteiger partial charge on any atom is -0.462 e. The Morgan fingerprint density at radius 2 is 1.86 bits per heavy atom. The van der Waals surface area contributed by atoms with Gasteiger partial charge in [-0.05, 0) is 49.1 Å². The number of hydrogen-bond donors (Lipinski definition) is 1. The molecule has 2 bridgehead atoms. The van der Waals surface area contributed by atoms with E-state index in [1.165, 1.54) is 0 Å². The second-order valence-corrected chi connectivity index (χ2v) is 8.19. The fourth-order valence-corrected chi connectivity index (χ4v) is 5.28. The minimum atomic E-state index is -0.336. The average Bonchev–Trinajstić information content (AvgIpc) is 3.36. The van der Waals surface area contributed by atoms with Gasteiger partial charge in [-0.15, -0.1) is 0 Å². The number of esters is 1. The lowest BCUT2D eigenvalue weighted by atomic mass is 9.79. The van der Waals surface area contributed by atoms with Crippen LogP contribution in [0.2, 0.25) is 0 Å². The molecule has 1 aliphatic heterocycles. The first-order valence-electron chi connectivity index (χ1n) is 9.97. The van der Waals surface area contributed by atoms with E-state index in [0.29, 0.717) is 11.3 Å². The van der Waals surface area contributed by atoms with Crippen LogP contribution in [0.25, 0.3) is 0 Å². The number of benzene rings is 2. The molecule has 5 atom stereocenters. The van der Waals surface area contributed by atoms with Gasteiger partial charge in [0.25, 0.3) is 5.91 Å². The Bertz CT molecular complexity index is 987. The van der Waals surface area contributed by atoms with E-state index < -0.39 is 0 Å². The molecule has 1 heterocycles. The van der Waals surface area contributed by atoms with Crippen molar-refractivity contribution in [3.8, 4) is 0 Å². The number of nitrogens with zero attached hydrogens (tertiary/aromatic N) is 1. The van der Waals surface area contributed by atoms with Crippen molar-refractivity contribution in [2.45, 2.75) is 18.9 Å². The summed E-state index contributed by atoms with van der Waals surface area (Å²) in [5.41, 5.74) is 1.85. The zero-order valence-corrected chi connectivity index (χ0v) is 16.1. The van der Waals surface area contributed by atoms with Crippen molar-refractivity contribution >= 4 is 29.2 Å². The second kappa shape index (κ2) is 6.72. The summed E-state index contributed by atoms with van der Waals surface area (Å²) >= 11 is 0. The predicted octanol–water partition coefficient (Wildman–Crippen LogP) is 3.10. The van der Waals surface area contributed by atoms with Crippen LogP contribution in [0.1, 0.15) is 23.2 Å². The highest BCUT2D eigenvalue weighted by Gasteiger charge is 2.63. The Hall–Kier alpha value is -3.15. The van der Waals surface area contributed by atoms with Crippen LogP contribution in [0.15, 0.2) is 54.6 Å². The number of nitrogens with one attached hydrogen (secondary N) is 1. The smallest absolute Gasteiger partial charge is 0.310 e. The number of rotatable bonds is 4. The zero-order chi connectivity index (χ0) is 20.1. The fourth-order valence-electron chi connectivity index (χ4n) is 5.28. The molecule has 148 valence electrons. The average molecular weight is 390 g/mol. The molecule has 2 amide bonds. The highest BCUT2D eigenvalue weighted by molar-refractivity contribution is 6.07. The lowest BCUT2D eigenvalue weighted by Crippen LogP contribution is -2.35. The molecule has 2 aromatic carbocycles. The Balaban J connectivity index is 1.32. The van der Waals surface area contributed by atoms with Crippen LogP contribution < -0.4 is 10.2 Å². The number of anilines is 2. The van der Waals surface area contributed by atoms with Crippen molar-refractivity contribution in [1.29, 1.82) is 0 Å². The number of hydrogen-bond acceptors (Lipinski definition) is 4. The van der Waals surface area contributed by atoms with Crippen LogP contribution in [0.3, 0.4) is 0 Å². The van der Waals surface area contributed by atoms with Crippen molar-refractivity contribution in [3.05, 3.63) is 60.2 Å². The maximum atomic E-state index is 13.0. The molecular formula is C23H22N2O4. The molecule has 2 aromatic rings. The molecule has 0 aromatic heterocycles. The third-order valence-electron chi connectivity index (χ3n) is 6.61. The number of amides is 2. The van der Waals surface area contributed by atoms with E-state index in [1.54, 1.807) is 36.2 Å². The summed E-state index contributed by atoms with van der Waals surface area (Å²) in [6, 6.07) is 16.3. The molecule has 1 saturated heterocycles. The Morgan fingerprint density at radius 1 is 1.07 bits per heavy atom. The topological polar surface area (TPSA) is 75.7 Å². The van der Waals surface area contributed by atoms with Gasteiger partial charge in [0.05, 0.1) is 11.8 Å². The van der Waals surface area contributed by atoms with Crippen molar-refractivity contribution in [2.75, 3.05) is 17.3 Å². The van der Waals surface area contributed by atoms with E-state index in [9.17, 15) is 14.4 Å². The molecule has 0 spiro atoms. The maximum absolute atomic E-state index is 13.0. The zero-order valence-electron chi connectivity index (χ0n) is 16.1. The van der Waals surface area contributed by atoms with Gasteiger partial charge in [0.2, 0.25) is 5.91 Å². The first kappa shape index (κ1) is 17.9. The first-order chi connectivity index (χ1) is 14.0. The third-order valence-corrected chi connectivity index (χ3v) is 6.61. The molecule has 2 aliphatic carbocycles. The van der Waals surface area contributed by atoms with Crippen LogP contribution in [0, 0.1) is 23.7 Å². The molecule has 5 rings (SSSR count). The van der Waals surface area contributed by atoms with Crippen LogP contribution >= 0.6 is 0 Å². The molecule has 2 saturated carbocycles. The van der Waals surface area contributed by atoms with E-state index in [-0.39, 0.29) is 47.6 Å². The van der Waals surface area contributed by atoms with Gasteiger partial charge < -0.3 is 15.0 Å². The second-order valence-electron chi connectivity index (χ2n) is 8.19. The number of fused-ring (bicyclic) bond motifs is 1. The van der Waals surface area contributed by atoms with Crippen LogP contribution in [-0.2, 0) is 14.3 Å². The van der Waals surface area contributed by atoms with Crippen LogP contribution in [0.5, 0.6) is 0 Å². The molecule has 6 nitrogen and oxygen atoms in total. The van der Waals surface area contributed by atoms with E-state index in [1.807, 2.05) is 30.3 Å². The summed E-state index contributed by atoms with van der Waals surface area (Å²) in [7, 11) is 1.72. The van der Waals surface area contributed by atoms with Gasteiger partial charge in [-0.3, -0.25) is 14.4 Å². The normalized spacial score (nSPS) is 28.9. The summed E-state index contributed by atoms with van der Waals surface area (Å²) in [6.07, 6.45) is 1.68. The summed E-state index contributed by atoms with van der Waals surface area (Å²) in [5.74, 6) is -0.791. The van der Waals surface area contributed by atoms with Crippen LogP contribution in [0.4, 0.5) is 11.4 Å². The quantitative estimate of drug-likeness (QED) is 0.814. The van der Waals surface area contributed by atoms with Gasteiger partial charge in [-0.25, -0.2) is 0 Å². The summed E-state index contributed by atoms with van der Waals surface area (Å²) < 4.78 is 5.42. The summed E-state index contributed by atoms with van der Waals surface area (Å²) in [5, 5.41) is 2.93. The van der Waals surface area contributed by atoms with E-state index in [4.69, 9.17) is 4.74 Å². The monoisotopic (exact) mass is 390 g/mol. The van der Waals surface area contributed by atoms with E-state index in [0.717, 1.165) is 18.5 Å². The van der Waals surface area contributed by atoms with Crippen molar-refractivity contribution in [2.24, 2.45) is 23.7 Å². The number of ether oxygens (including phenoxy) is 1. The van der Waals surface area contributed by atoms with Crippen molar-refractivity contribution in [1.82, 2.24) is 0 Å². The van der Waals surface area contributed by atoms with E-state index in [2.05, 4.69) is 5.32 Å². The fraction of sp³-hybridized carbons (Fsp3) is 0.348. The molecular weight excluding hydrogens is 368 g/mol. The lowest BCUT2D eigenvalue weighted by molar-refractivity contribution is -0.145. The maximum Gasteiger partial charge on any atom is 0.310 e. The SMILES string of the molecule is CN(C(=O)c1cccc(NC(=O)[C@H]2[C@@H]3C[C@@H]4[C@H]2C(=O)O[C@@H]4C3)c1)c1ccccc1. The number of carbonyl (C=O) groups excluding carboxylic acids is 3.